The van der Waals surface area contributed by atoms with Crippen LogP contribution >= 0.6 is 11.8 Å². The summed E-state index contributed by atoms with van der Waals surface area (Å²) >= 11 is 1.42. The summed E-state index contributed by atoms with van der Waals surface area (Å²) in [5.41, 5.74) is 0.871. The Hall–Kier alpha value is -1.30. The molecule has 0 bridgehead atoms. The van der Waals surface area contributed by atoms with Gasteiger partial charge in [-0.1, -0.05) is 0 Å². The Morgan fingerprint density at radius 3 is 2.93 bits per heavy atom. The molecule has 1 aromatic rings. The summed E-state index contributed by atoms with van der Waals surface area (Å²) < 4.78 is 1.18. The molecule has 0 saturated carbocycles. The first-order chi connectivity index (χ1) is 6.54. The van der Waals surface area contributed by atoms with Crippen molar-refractivity contribution >= 4 is 17.7 Å². The van der Waals surface area contributed by atoms with Gasteiger partial charge in [0.1, 0.15) is 17.1 Å². The second-order valence-electron chi connectivity index (χ2n) is 2.77. The number of aromatic nitrogens is 2. The highest BCUT2D eigenvalue weighted by Gasteiger charge is 2.05. The van der Waals surface area contributed by atoms with Gasteiger partial charge in [0.25, 0.3) is 0 Å². The molecule has 0 aliphatic rings. The van der Waals surface area contributed by atoms with Gasteiger partial charge >= 0.3 is 5.97 Å². The molecule has 1 rings (SSSR count). The fraction of sp³-hybridized carbons (Fsp3) is 0.375. The lowest BCUT2D eigenvalue weighted by Crippen LogP contribution is -2.28. The van der Waals surface area contributed by atoms with E-state index in [2.05, 4.69) is 5.10 Å². The molecular weight excluding hydrogens is 202 g/mol. The number of aliphatic carboxylic acids is 1. The van der Waals surface area contributed by atoms with Gasteiger partial charge < -0.3 is 5.11 Å². The molecule has 1 heterocycles. The Balaban J connectivity index is 3.20. The van der Waals surface area contributed by atoms with Gasteiger partial charge in [0.15, 0.2) is 0 Å². The van der Waals surface area contributed by atoms with Crippen molar-refractivity contribution in [3.63, 3.8) is 0 Å². The standard InChI is InChI=1S/C8H11N3O2S/c1-5-3-6(14-2)10-11(8(5)9)4-7(12)13/h3,9H,4H2,1-2H3,(H,12,13). The number of carbonyl (C=O) groups is 1. The lowest BCUT2D eigenvalue weighted by Gasteiger charge is -2.06. The molecule has 0 amide bonds. The molecule has 14 heavy (non-hydrogen) atoms. The van der Waals surface area contributed by atoms with E-state index in [1.165, 1.54) is 16.4 Å². The van der Waals surface area contributed by atoms with Crippen LogP contribution in [0.3, 0.4) is 0 Å². The molecule has 1 aromatic heterocycles. The van der Waals surface area contributed by atoms with Crippen LogP contribution in [-0.4, -0.2) is 27.1 Å². The van der Waals surface area contributed by atoms with Crippen LogP contribution < -0.4 is 5.49 Å². The number of rotatable bonds is 3. The van der Waals surface area contributed by atoms with Crippen LogP contribution in [0.15, 0.2) is 11.1 Å². The maximum Gasteiger partial charge on any atom is 0.325 e. The lowest BCUT2D eigenvalue weighted by molar-refractivity contribution is -0.138. The van der Waals surface area contributed by atoms with Crippen molar-refractivity contribution in [2.45, 2.75) is 18.5 Å². The van der Waals surface area contributed by atoms with Crippen LogP contribution in [0, 0.1) is 12.3 Å². The molecular formula is C8H11N3O2S. The first kappa shape index (κ1) is 10.8. The molecule has 5 nitrogen and oxygen atoms in total. The van der Waals surface area contributed by atoms with E-state index in [9.17, 15) is 4.79 Å². The van der Waals surface area contributed by atoms with Crippen LogP contribution in [0.1, 0.15) is 5.56 Å². The molecule has 0 spiro atoms. The van der Waals surface area contributed by atoms with Crippen LogP contribution in [-0.2, 0) is 11.3 Å². The number of thioether (sulfide) groups is 1. The smallest absolute Gasteiger partial charge is 0.325 e. The van der Waals surface area contributed by atoms with Crippen molar-refractivity contribution in [1.29, 1.82) is 5.41 Å². The Morgan fingerprint density at radius 2 is 2.43 bits per heavy atom. The van der Waals surface area contributed by atoms with Crippen molar-refractivity contribution in [3.8, 4) is 0 Å². The average Bonchev–Trinajstić information content (AvgIpc) is 2.11. The minimum atomic E-state index is -0.992. The maximum absolute atomic E-state index is 10.5. The Morgan fingerprint density at radius 1 is 1.79 bits per heavy atom. The summed E-state index contributed by atoms with van der Waals surface area (Å²) in [5, 5.41) is 20.9. The van der Waals surface area contributed by atoms with E-state index in [0.29, 0.717) is 0 Å². The van der Waals surface area contributed by atoms with Crippen LogP contribution in [0.5, 0.6) is 0 Å². The van der Waals surface area contributed by atoms with E-state index in [1.807, 2.05) is 6.26 Å². The molecule has 0 aliphatic heterocycles. The van der Waals surface area contributed by atoms with Gasteiger partial charge in [0.05, 0.1) is 0 Å². The first-order valence-corrected chi connectivity index (χ1v) is 5.16. The number of aryl methyl sites for hydroxylation is 1. The predicted octanol–water partition coefficient (Wildman–Crippen LogP) is 0.477. The van der Waals surface area contributed by atoms with Gasteiger partial charge in [-0.15, -0.1) is 11.8 Å². The molecule has 0 radical (unpaired) electrons. The van der Waals surface area contributed by atoms with E-state index in [-0.39, 0.29) is 12.0 Å². The van der Waals surface area contributed by atoms with Gasteiger partial charge in [-0.2, -0.15) is 5.10 Å². The van der Waals surface area contributed by atoms with E-state index in [0.717, 1.165) is 10.6 Å². The summed E-state index contributed by atoms with van der Waals surface area (Å²) in [4.78, 5) is 10.5. The van der Waals surface area contributed by atoms with Crippen molar-refractivity contribution in [1.82, 2.24) is 9.78 Å². The maximum atomic E-state index is 10.5. The Kier molecular flexibility index (Phi) is 3.29. The average molecular weight is 213 g/mol. The zero-order valence-electron chi connectivity index (χ0n) is 7.94. The summed E-state index contributed by atoms with van der Waals surface area (Å²) in [5.74, 6) is -0.992. The lowest BCUT2D eigenvalue weighted by atomic mass is 10.3. The summed E-state index contributed by atoms with van der Waals surface area (Å²) in [6.45, 7) is 1.50. The molecule has 0 aliphatic carbocycles. The van der Waals surface area contributed by atoms with Crippen LogP contribution in [0.2, 0.25) is 0 Å². The SMILES string of the molecule is CSc1cc(C)c(=N)n(CC(=O)O)n1. The Bertz CT molecular complexity index is 414. The van der Waals surface area contributed by atoms with Crippen molar-refractivity contribution in [2.24, 2.45) is 0 Å². The number of carboxylic acid groups (broad SMARTS) is 1. The minimum absolute atomic E-state index is 0.144. The molecule has 0 aromatic carbocycles. The van der Waals surface area contributed by atoms with E-state index >= 15 is 0 Å². The topological polar surface area (TPSA) is 79.0 Å². The van der Waals surface area contributed by atoms with Crippen LogP contribution in [0.4, 0.5) is 0 Å². The van der Waals surface area contributed by atoms with E-state index < -0.39 is 5.97 Å². The fourth-order valence-electron chi connectivity index (χ4n) is 0.997. The second kappa shape index (κ2) is 4.28. The van der Waals surface area contributed by atoms with E-state index in [4.69, 9.17) is 10.5 Å². The highest BCUT2D eigenvalue weighted by Crippen LogP contribution is 2.09. The van der Waals surface area contributed by atoms with Gasteiger partial charge in [0.2, 0.25) is 0 Å². The largest absolute Gasteiger partial charge is 0.480 e. The number of carboxylic acids is 1. The van der Waals surface area contributed by atoms with Crippen molar-refractivity contribution < 1.29 is 9.90 Å². The van der Waals surface area contributed by atoms with Gasteiger partial charge in [0, 0.05) is 0 Å². The first-order valence-electron chi connectivity index (χ1n) is 3.93. The van der Waals surface area contributed by atoms with Gasteiger partial charge in [-0.25, -0.2) is 4.68 Å². The normalized spacial score (nSPS) is 10.1. The zero-order chi connectivity index (χ0) is 10.7. The molecule has 0 saturated heterocycles. The molecule has 2 N–H and O–H groups in total. The van der Waals surface area contributed by atoms with Crippen molar-refractivity contribution in [3.05, 3.63) is 17.1 Å². The quantitative estimate of drug-likeness (QED) is 0.716. The van der Waals surface area contributed by atoms with Crippen LogP contribution in [0.25, 0.3) is 0 Å². The third kappa shape index (κ3) is 2.35. The molecule has 76 valence electrons. The number of nitrogens with zero attached hydrogens (tertiary/aromatic N) is 2. The summed E-state index contributed by atoms with van der Waals surface area (Å²) in [6, 6.07) is 1.77. The highest BCUT2D eigenvalue weighted by atomic mass is 32.2. The number of hydrogen-bond donors (Lipinski definition) is 2. The summed E-state index contributed by atoms with van der Waals surface area (Å²) in [6.07, 6.45) is 1.86. The Labute approximate surface area is 85.3 Å². The number of hydrogen-bond acceptors (Lipinski definition) is 4. The third-order valence-electron chi connectivity index (χ3n) is 1.69. The minimum Gasteiger partial charge on any atom is -0.480 e. The molecule has 0 unspecified atom stereocenters. The predicted molar refractivity (Wildman–Crippen MR) is 52.2 cm³/mol. The van der Waals surface area contributed by atoms with Crippen molar-refractivity contribution in [2.75, 3.05) is 6.26 Å². The van der Waals surface area contributed by atoms with Gasteiger partial charge in [-0.05, 0) is 24.8 Å². The fourth-order valence-corrected chi connectivity index (χ4v) is 1.47. The highest BCUT2D eigenvalue weighted by molar-refractivity contribution is 7.98. The number of nitrogens with one attached hydrogen (secondary N) is 1. The molecule has 0 atom stereocenters. The van der Waals surface area contributed by atoms with E-state index in [1.54, 1.807) is 13.0 Å². The zero-order valence-corrected chi connectivity index (χ0v) is 8.76. The summed E-state index contributed by atoms with van der Waals surface area (Å²) in [7, 11) is 0. The second-order valence-corrected chi connectivity index (χ2v) is 3.60. The third-order valence-corrected chi connectivity index (χ3v) is 2.30. The molecule has 6 heteroatoms. The monoisotopic (exact) mass is 213 g/mol. The van der Waals surface area contributed by atoms with Gasteiger partial charge in [-0.3, -0.25) is 10.2 Å². The molecule has 0 fully saturated rings.